The minimum absolute atomic E-state index is 0.0372. The number of hydrogen-bond donors (Lipinski definition) is 1. The molecule has 1 aliphatic rings. The zero-order valence-corrected chi connectivity index (χ0v) is 14.1. The third-order valence-corrected chi connectivity index (χ3v) is 4.24. The van der Waals surface area contributed by atoms with Gasteiger partial charge in [-0.1, -0.05) is 23.7 Å². The van der Waals surface area contributed by atoms with E-state index in [0.29, 0.717) is 10.7 Å². The minimum atomic E-state index is -3.00. The summed E-state index contributed by atoms with van der Waals surface area (Å²) >= 11 is 6.06. The summed E-state index contributed by atoms with van der Waals surface area (Å²) in [4.78, 5) is 14.8. The van der Waals surface area contributed by atoms with Crippen molar-refractivity contribution < 1.29 is 18.3 Å². The van der Waals surface area contributed by atoms with Gasteiger partial charge in [0.25, 0.3) is 5.91 Å². The number of ether oxygens (including phenoxy) is 1. The molecule has 0 unspecified atom stereocenters. The second-order valence-corrected chi connectivity index (χ2v) is 6.12. The Kier molecular flexibility index (Phi) is 5.38. The van der Waals surface area contributed by atoms with Crippen LogP contribution in [-0.2, 0) is 0 Å². The number of alkyl halides is 2. The molecule has 1 fully saturated rings. The third kappa shape index (κ3) is 4.20. The molecule has 132 valence electrons. The first-order valence-electron chi connectivity index (χ1n) is 7.94. The minimum Gasteiger partial charge on any atom is -0.434 e. The van der Waals surface area contributed by atoms with Gasteiger partial charge in [0, 0.05) is 18.1 Å². The Morgan fingerprint density at radius 2 is 1.88 bits per heavy atom. The average molecular weight is 367 g/mol. The van der Waals surface area contributed by atoms with Gasteiger partial charge in [0.2, 0.25) is 0 Å². The quantitative estimate of drug-likeness (QED) is 0.826. The zero-order valence-electron chi connectivity index (χ0n) is 13.3. The number of carbonyl (C=O) groups excluding carboxylic acids is 1. The number of halogens is 3. The van der Waals surface area contributed by atoms with E-state index in [9.17, 15) is 13.6 Å². The Morgan fingerprint density at radius 1 is 1.16 bits per heavy atom. The molecule has 7 heteroatoms. The highest BCUT2D eigenvalue weighted by molar-refractivity contribution is 6.31. The molecule has 0 radical (unpaired) electrons. The van der Waals surface area contributed by atoms with Gasteiger partial charge < -0.3 is 15.0 Å². The second-order valence-electron chi connectivity index (χ2n) is 5.68. The Labute approximate surface area is 149 Å². The number of nitrogens with one attached hydrogen (secondary N) is 1. The molecule has 4 nitrogen and oxygen atoms in total. The molecule has 0 spiro atoms. The molecule has 3 rings (SSSR count). The van der Waals surface area contributed by atoms with Gasteiger partial charge in [-0.15, -0.1) is 0 Å². The first kappa shape index (κ1) is 17.5. The predicted octanol–water partition coefficient (Wildman–Crippen LogP) is 4.79. The number of rotatable bonds is 5. The van der Waals surface area contributed by atoms with Crippen molar-refractivity contribution in [2.24, 2.45) is 0 Å². The Bertz CT molecular complexity index is 764. The third-order valence-electron chi connectivity index (χ3n) is 4.00. The van der Waals surface area contributed by atoms with E-state index < -0.39 is 12.5 Å². The van der Waals surface area contributed by atoms with Crippen LogP contribution in [0.25, 0.3) is 0 Å². The maximum absolute atomic E-state index is 12.6. The zero-order chi connectivity index (χ0) is 17.8. The van der Waals surface area contributed by atoms with Gasteiger partial charge in [-0.25, -0.2) is 0 Å². The lowest BCUT2D eigenvalue weighted by Gasteiger charge is -2.22. The van der Waals surface area contributed by atoms with Crippen LogP contribution in [0.3, 0.4) is 0 Å². The van der Waals surface area contributed by atoms with Gasteiger partial charge >= 0.3 is 6.61 Å². The van der Waals surface area contributed by atoms with Crippen LogP contribution in [-0.4, -0.2) is 25.6 Å². The van der Waals surface area contributed by atoms with Crippen LogP contribution in [0, 0.1) is 0 Å². The van der Waals surface area contributed by atoms with Crippen LogP contribution in [0.4, 0.5) is 20.2 Å². The molecule has 0 atom stereocenters. The molecule has 0 bridgehead atoms. The lowest BCUT2D eigenvalue weighted by atomic mass is 10.1. The summed E-state index contributed by atoms with van der Waals surface area (Å²) in [5.41, 5.74) is 1.45. The number of amides is 1. The van der Waals surface area contributed by atoms with Crippen LogP contribution in [0.5, 0.6) is 5.75 Å². The average Bonchev–Trinajstić information content (AvgIpc) is 3.09. The van der Waals surface area contributed by atoms with Gasteiger partial charge in [-0.3, -0.25) is 4.79 Å². The molecule has 1 N–H and O–H groups in total. The normalized spacial score (nSPS) is 14.0. The summed E-state index contributed by atoms with van der Waals surface area (Å²) in [6.07, 6.45) is 2.17. The summed E-state index contributed by atoms with van der Waals surface area (Å²) in [6, 6.07) is 11.2. The number of nitrogens with zero attached hydrogens (tertiary/aromatic N) is 1. The summed E-state index contributed by atoms with van der Waals surface area (Å²) < 4.78 is 29.5. The lowest BCUT2D eigenvalue weighted by Crippen LogP contribution is -2.21. The molecular formula is C18H17ClF2N2O2. The van der Waals surface area contributed by atoms with E-state index in [1.807, 2.05) is 6.07 Å². The Balaban J connectivity index is 1.87. The van der Waals surface area contributed by atoms with Crippen molar-refractivity contribution in [2.45, 2.75) is 19.5 Å². The van der Waals surface area contributed by atoms with Crippen molar-refractivity contribution in [2.75, 3.05) is 23.3 Å². The number of benzene rings is 2. The smallest absolute Gasteiger partial charge is 0.387 e. The molecule has 1 saturated heterocycles. The van der Waals surface area contributed by atoms with E-state index in [2.05, 4.69) is 15.0 Å². The number of para-hydroxylation sites is 1. The molecule has 0 aromatic heterocycles. The maximum atomic E-state index is 12.6. The van der Waals surface area contributed by atoms with Gasteiger partial charge in [0.1, 0.15) is 5.75 Å². The fourth-order valence-electron chi connectivity index (χ4n) is 2.88. The van der Waals surface area contributed by atoms with E-state index in [1.165, 1.54) is 18.2 Å². The van der Waals surface area contributed by atoms with Crippen LogP contribution in [0.2, 0.25) is 5.02 Å². The topological polar surface area (TPSA) is 41.6 Å². The van der Waals surface area contributed by atoms with E-state index in [4.69, 9.17) is 11.6 Å². The van der Waals surface area contributed by atoms with Crippen molar-refractivity contribution in [3.05, 3.63) is 53.1 Å². The standard InChI is InChI=1S/C18H17ClF2N2O2/c19-12-7-8-15(23-9-3-4-10-23)14(11-12)22-17(24)13-5-1-2-6-16(13)25-18(20)21/h1-2,5-8,11,18H,3-4,9-10H2,(H,22,24). The van der Waals surface area contributed by atoms with Gasteiger partial charge in [-0.05, 0) is 43.2 Å². The highest BCUT2D eigenvalue weighted by atomic mass is 35.5. The molecule has 1 aliphatic heterocycles. The van der Waals surface area contributed by atoms with Crippen molar-refractivity contribution >= 4 is 28.9 Å². The highest BCUT2D eigenvalue weighted by Crippen LogP contribution is 2.32. The monoisotopic (exact) mass is 366 g/mol. The summed E-state index contributed by atoms with van der Waals surface area (Å²) in [5.74, 6) is -0.696. The van der Waals surface area contributed by atoms with E-state index in [0.717, 1.165) is 31.6 Å². The second kappa shape index (κ2) is 7.70. The molecule has 0 aliphatic carbocycles. The lowest BCUT2D eigenvalue weighted by molar-refractivity contribution is -0.0501. The van der Waals surface area contributed by atoms with Crippen LogP contribution < -0.4 is 15.0 Å². The SMILES string of the molecule is O=C(Nc1cc(Cl)ccc1N1CCCC1)c1ccccc1OC(F)F. The number of anilines is 2. The van der Waals surface area contributed by atoms with Gasteiger partial charge in [0.15, 0.2) is 0 Å². The van der Waals surface area contributed by atoms with Crippen LogP contribution in [0.1, 0.15) is 23.2 Å². The fourth-order valence-corrected chi connectivity index (χ4v) is 3.06. The van der Waals surface area contributed by atoms with Gasteiger partial charge in [0.05, 0.1) is 16.9 Å². The molecule has 1 amide bonds. The number of carbonyl (C=O) groups is 1. The van der Waals surface area contributed by atoms with E-state index in [-0.39, 0.29) is 11.3 Å². The van der Waals surface area contributed by atoms with E-state index in [1.54, 1.807) is 18.2 Å². The van der Waals surface area contributed by atoms with E-state index >= 15 is 0 Å². The summed E-state index contributed by atoms with van der Waals surface area (Å²) in [5, 5.41) is 3.25. The maximum Gasteiger partial charge on any atom is 0.387 e. The van der Waals surface area contributed by atoms with Crippen LogP contribution >= 0.6 is 11.6 Å². The number of hydrogen-bond acceptors (Lipinski definition) is 3. The molecule has 2 aromatic rings. The first-order valence-corrected chi connectivity index (χ1v) is 8.32. The van der Waals surface area contributed by atoms with Gasteiger partial charge in [-0.2, -0.15) is 8.78 Å². The molecular weight excluding hydrogens is 350 g/mol. The van der Waals surface area contributed by atoms with Crippen molar-refractivity contribution in [3.63, 3.8) is 0 Å². The van der Waals surface area contributed by atoms with Crippen molar-refractivity contribution in [1.82, 2.24) is 0 Å². The Hall–Kier alpha value is -2.34. The molecule has 25 heavy (non-hydrogen) atoms. The highest BCUT2D eigenvalue weighted by Gasteiger charge is 2.20. The summed E-state index contributed by atoms with van der Waals surface area (Å²) in [6.45, 7) is -1.20. The summed E-state index contributed by atoms with van der Waals surface area (Å²) in [7, 11) is 0. The first-order chi connectivity index (χ1) is 12.0. The largest absolute Gasteiger partial charge is 0.434 e. The van der Waals surface area contributed by atoms with Crippen molar-refractivity contribution in [3.8, 4) is 5.75 Å². The van der Waals surface area contributed by atoms with Crippen molar-refractivity contribution in [1.29, 1.82) is 0 Å². The fraction of sp³-hybridized carbons (Fsp3) is 0.278. The molecule has 2 aromatic carbocycles. The molecule has 1 heterocycles. The molecule has 0 saturated carbocycles. The van der Waals surface area contributed by atoms with Crippen LogP contribution in [0.15, 0.2) is 42.5 Å². The predicted molar refractivity (Wildman–Crippen MR) is 93.9 cm³/mol. The Morgan fingerprint density at radius 3 is 2.60 bits per heavy atom.